The predicted octanol–water partition coefficient (Wildman–Crippen LogP) is 3.07. The molecule has 0 aliphatic rings. The average Bonchev–Trinajstić information content (AvgIpc) is 2.81. The summed E-state index contributed by atoms with van der Waals surface area (Å²) in [6, 6.07) is 11.7. The summed E-state index contributed by atoms with van der Waals surface area (Å²) < 4.78 is 13.6. The van der Waals surface area contributed by atoms with Gasteiger partial charge in [0.1, 0.15) is 11.6 Å². The minimum atomic E-state index is -1.30. The van der Waals surface area contributed by atoms with Crippen LogP contribution in [0, 0.1) is 5.82 Å². The lowest BCUT2D eigenvalue weighted by Crippen LogP contribution is -1.99. The predicted molar refractivity (Wildman–Crippen MR) is 68.4 cm³/mol. The summed E-state index contributed by atoms with van der Waals surface area (Å²) in [5.74, 6) is -1.50. The lowest BCUT2D eigenvalue weighted by Gasteiger charge is -1.95. The molecule has 3 aromatic rings. The summed E-state index contributed by atoms with van der Waals surface area (Å²) >= 11 is 0. The van der Waals surface area contributed by atoms with Crippen molar-refractivity contribution >= 4 is 17.0 Å². The van der Waals surface area contributed by atoms with Crippen molar-refractivity contribution in [1.29, 1.82) is 0 Å². The second-order valence-electron chi connectivity index (χ2n) is 4.11. The monoisotopic (exact) mass is 256 g/mol. The van der Waals surface area contributed by atoms with Crippen molar-refractivity contribution in [1.82, 2.24) is 9.97 Å². The average molecular weight is 256 g/mol. The van der Waals surface area contributed by atoms with Gasteiger partial charge in [-0.2, -0.15) is 0 Å². The number of carbonyl (C=O) groups is 1. The highest BCUT2D eigenvalue weighted by molar-refractivity contribution is 5.93. The highest BCUT2D eigenvalue weighted by Gasteiger charge is 2.14. The summed E-state index contributed by atoms with van der Waals surface area (Å²) in [4.78, 5) is 18.1. The highest BCUT2D eigenvalue weighted by Crippen LogP contribution is 2.22. The van der Waals surface area contributed by atoms with Crippen LogP contribution < -0.4 is 0 Å². The van der Waals surface area contributed by atoms with Crippen LogP contribution in [-0.4, -0.2) is 21.0 Å². The summed E-state index contributed by atoms with van der Waals surface area (Å²) in [5.41, 5.74) is 1.38. The van der Waals surface area contributed by atoms with Gasteiger partial charge < -0.3 is 10.1 Å². The van der Waals surface area contributed by atoms with Gasteiger partial charge >= 0.3 is 5.97 Å². The smallest absolute Gasteiger partial charge is 0.338 e. The van der Waals surface area contributed by atoms with Gasteiger partial charge in [0, 0.05) is 11.6 Å². The zero-order chi connectivity index (χ0) is 13.4. The molecule has 0 spiro atoms. The molecule has 0 amide bonds. The van der Waals surface area contributed by atoms with E-state index in [-0.39, 0.29) is 5.56 Å². The number of imidazole rings is 1. The molecule has 0 atom stereocenters. The molecular weight excluding hydrogens is 247 g/mol. The third-order valence-electron chi connectivity index (χ3n) is 2.85. The number of hydrogen-bond acceptors (Lipinski definition) is 2. The third-order valence-corrected chi connectivity index (χ3v) is 2.85. The van der Waals surface area contributed by atoms with Gasteiger partial charge in [0.25, 0.3) is 0 Å². The topological polar surface area (TPSA) is 66.0 Å². The van der Waals surface area contributed by atoms with Gasteiger partial charge in [-0.3, -0.25) is 0 Å². The summed E-state index contributed by atoms with van der Waals surface area (Å²) in [5, 5.41) is 8.87. The standard InChI is InChI=1S/C14H9FN2O2/c15-10-7-12-11(6-9(10)14(18)19)16-13(17-12)8-4-2-1-3-5-8/h1-7H,(H,16,17)(H,18,19). The fraction of sp³-hybridized carbons (Fsp3) is 0. The molecule has 0 saturated carbocycles. The van der Waals surface area contributed by atoms with Crippen molar-refractivity contribution in [2.45, 2.75) is 0 Å². The molecule has 94 valence electrons. The quantitative estimate of drug-likeness (QED) is 0.740. The molecule has 0 aliphatic carbocycles. The molecule has 0 radical (unpaired) electrons. The Morgan fingerprint density at radius 3 is 2.63 bits per heavy atom. The van der Waals surface area contributed by atoms with E-state index < -0.39 is 11.8 Å². The highest BCUT2D eigenvalue weighted by atomic mass is 19.1. The van der Waals surface area contributed by atoms with Crippen molar-refractivity contribution in [3.8, 4) is 11.4 Å². The van der Waals surface area contributed by atoms with Crippen LogP contribution in [-0.2, 0) is 0 Å². The second-order valence-corrected chi connectivity index (χ2v) is 4.11. The maximum absolute atomic E-state index is 13.6. The van der Waals surface area contributed by atoms with E-state index in [4.69, 9.17) is 5.11 Å². The minimum absolute atomic E-state index is 0.376. The molecule has 2 N–H and O–H groups in total. The number of hydrogen-bond donors (Lipinski definition) is 2. The van der Waals surface area contributed by atoms with Crippen LogP contribution in [0.4, 0.5) is 4.39 Å². The first-order valence-electron chi connectivity index (χ1n) is 5.63. The van der Waals surface area contributed by atoms with Gasteiger partial charge in [-0.05, 0) is 6.07 Å². The van der Waals surface area contributed by atoms with Crippen LogP contribution in [0.1, 0.15) is 10.4 Å². The van der Waals surface area contributed by atoms with Crippen molar-refractivity contribution < 1.29 is 14.3 Å². The van der Waals surface area contributed by atoms with E-state index >= 15 is 0 Å². The molecule has 1 heterocycles. The summed E-state index contributed by atoms with van der Waals surface area (Å²) in [6.07, 6.45) is 0. The number of benzene rings is 2. The molecule has 5 heteroatoms. The van der Waals surface area contributed by atoms with Crippen molar-refractivity contribution in [3.05, 3.63) is 53.8 Å². The third kappa shape index (κ3) is 1.95. The molecule has 0 bridgehead atoms. The van der Waals surface area contributed by atoms with Gasteiger partial charge in [0.05, 0.1) is 16.6 Å². The first-order chi connectivity index (χ1) is 9.15. The van der Waals surface area contributed by atoms with Crippen molar-refractivity contribution in [2.24, 2.45) is 0 Å². The Balaban J connectivity index is 2.19. The van der Waals surface area contributed by atoms with E-state index in [2.05, 4.69) is 9.97 Å². The van der Waals surface area contributed by atoms with Crippen LogP contribution in [0.2, 0.25) is 0 Å². The van der Waals surface area contributed by atoms with Crippen LogP contribution >= 0.6 is 0 Å². The van der Waals surface area contributed by atoms with Gasteiger partial charge in [-0.25, -0.2) is 14.2 Å². The number of halogens is 1. The maximum atomic E-state index is 13.6. The molecule has 3 rings (SSSR count). The second kappa shape index (κ2) is 4.20. The molecule has 0 saturated heterocycles. The number of aromatic amines is 1. The lowest BCUT2D eigenvalue weighted by atomic mass is 10.2. The van der Waals surface area contributed by atoms with E-state index in [1.165, 1.54) is 6.07 Å². The van der Waals surface area contributed by atoms with Crippen LogP contribution in [0.15, 0.2) is 42.5 Å². The molecule has 19 heavy (non-hydrogen) atoms. The number of rotatable bonds is 2. The van der Waals surface area contributed by atoms with Gasteiger partial charge in [-0.1, -0.05) is 30.3 Å². The van der Waals surface area contributed by atoms with E-state index in [1.54, 1.807) is 0 Å². The minimum Gasteiger partial charge on any atom is -0.478 e. The number of aromatic nitrogens is 2. The van der Waals surface area contributed by atoms with Gasteiger partial charge in [0.2, 0.25) is 0 Å². The Hall–Kier alpha value is -2.69. The van der Waals surface area contributed by atoms with Gasteiger partial charge in [0.15, 0.2) is 0 Å². The fourth-order valence-corrected chi connectivity index (χ4v) is 1.93. The first-order valence-corrected chi connectivity index (χ1v) is 5.63. The van der Waals surface area contributed by atoms with Crippen LogP contribution in [0.3, 0.4) is 0 Å². The number of fused-ring (bicyclic) bond motifs is 1. The van der Waals surface area contributed by atoms with E-state index in [1.807, 2.05) is 30.3 Å². The van der Waals surface area contributed by atoms with Crippen molar-refractivity contribution in [3.63, 3.8) is 0 Å². The maximum Gasteiger partial charge on any atom is 0.338 e. The van der Waals surface area contributed by atoms with Gasteiger partial charge in [-0.15, -0.1) is 0 Å². The molecule has 0 fully saturated rings. The number of carboxylic acids is 1. The molecule has 0 aliphatic heterocycles. The number of carboxylic acid groups (broad SMARTS) is 1. The fourth-order valence-electron chi connectivity index (χ4n) is 1.93. The zero-order valence-electron chi connectivity index (χ0n) is 9.72. The SMILES string of the molecule is O=C(O)c1cc2nc(-c3ccccc3)[nH]c2cc1F. The molecule has 2 aromatic carbocycles. The summed E-state index contributed by atoms with van der Waals surface area (Å²) in [7, 11) is 0. The Bertz CT molecular complexity index is 766. The Morgan fingerprint density at radius 1 is 1.21 bits per heavy atom. The van der Waals surface area contributed by atoms with E-state index in [9.17, 15) is 9.18 Å². The number of nitrogens with one attached hydrogen (secondary N) is 1. The molecule has 0 unspecified atom stereocenters. The first kappa shape index (κ1) is 11.4. The van der Waals surface area contributed by atoms with E-state index in [0.717, 1.165) is 11.6 Å². The molecule has 4 nitrogen and oxygen atoms in total. The Labute approximate surface area is 107 Å². The van der Waals surface area contributed by atoms with Crippen LogP contribution in [0.25, 0.3) is 22.4 Å². The number of H-pyrrole nitrogens is 1. The number of aromatic carboxylic acids is 1. The lowest BCUT2D eigenvalue weighted by molar-refractivity contribution is 0.0692. The molecular formula is C14H9FN2O2. The summed E-state index contributed by atoms with van der Waals surface area (Å²) in [6.45, 7) is 0. The van der Waals surface area contributed by atoms with E-state index in [0.29, 0.717) is 16.9 Å². The van der Waals surface area contributed by atoms with Crippen LogP contribution in [0.5, 0.6) is 0 Å². The zero-order valence-corrected chi connectivity index (χ0v) is 9.72. The Kier molecular flexibility index (Phi) is 2.52. The largest absolute Gasteiger partial charge is 0.478 e. The molecule has 1 aromatic heterocycles. The Morgan fingerprint density at radius 2 is 1.95 bits per heavy atom. The number of nitrogens with zero attached hydrogens (tertiary/aromatic N) is 1. The normalized spacial score (nSPS) is 10.8. The van der Waals surface area contributed by atoms with Crippen molar-refractivity contribution in [2.75, 3.05) is 0 Å².